The highest BCUT2D eigenvalue weighted by molar-refractivity contribution is 8.06. The lowest BCUT2D eigenvalue weighted by atomic mass is 10.2. The summed E-state index contributed by atoms with van der Waals surface area (Å²) in [7, 11) is 0. The third-order valence-electron chi connectivity index (χ3n) is 0.781. The fraction of sp³-hybridized carbons (Fsp3) is 0.333. The van der Waals surface area contributed by atoms with Crippen LogP contribution in [0.15, 0.2) is 11.5 Å². The summed E-state index contributed by atoms with van der Waals surface area (Å²) >= 11 is 1.56. The molecule has 0 bridgehead atoms. The van der Waals surface area contributed by atoms with Crippen molar-refractivity contribution in [3.63, 3.8) is 0 Å². The smallest absolute Gasteiger partial charge is 0.0371 e. The molecule has 1 aliphatic heterocycles. The number of allylic oxidation sites excluding steroid dienone is 1. The molecule has 0 saturated carbocycles. The van der Waals surface area contributed by atoms with Crippen LogP contribution < -0.4 is 0 Å². The van der Waals surface area contributed by atoms with E-state index in [-0.39, 0.29) is 0 Å². The molecule has 1 heteroatoms. The highest BCUT2D eigenvalue weighted by Crippen LogP contribution is 2.08. The van der Waals surface area contributed by atoms with Crippen molar-refractivity contribution in [1.82, 2.24) is 0 Å². The third kappa shape index (κ3) is 1.29. The first-order valence-electron chi connectivity index (χ1n) is 2.22. The van der Waals surface area contributed by atoms with Crippen LogP contribution in [0, 0.1) is 17.1 Å². The molecule has 0 nitrogen and oxygen atoms in total. The van der Waals surface area contributed by atoms with Gasteiger partial charge in [-0.05, 0) is 29.3 Å². The Labute approximate surface area is 48.0 Å². The molecule has 0 aromatic heterocycles. The Hall–Kier alpha value is -0.350. The van der Waals surface area contributed by atoms with E-state index in [1.54, 1.807) is 11.8 Å². The maximum Gasteiger partial charge on any atom is 0.0371 e. The minimum Gasteiger partial charge on any atom is -0.0836 e. The van der Waals surface area contributed by atoms with Gasteiger partial charge in [0.15, 0.2) is 0 Å². The summed E-state index contributed by atoms with van der Waals surface area (Å²) in [6.45, 7) is 2.09. The van der Waals surface area contributed by atoms with Gasteiger partial charge in [0.1, 0.15) is 0 Å². The number of hydrogen-bond donors (Lipinski definition) is 0. The quantitative estimate of drug-likeness (QED) is 0.429. The van der Waals surface area contributed by atoms with Gasteiger partial charge in [0.25, 0.3) is 0 Å². The van der Waals surface area contributed by atoms with Crippen LogP contribution in [-0.2, 0) is 0 Å². The van der Waals surface area contributed by atoms with Crippen LogP contribution in [0.5, 0.6) is 0 Å². The fourth-order valence-corrected chi connectivity index (χ4v) is 1.00. The summed E-state index contributed by atoms with van der Waals surface area (Å²) in [5.74, 6) is 3.48. The highest BCUT2D eigenvalue weighted by atomic mass is 32.2. The van der Waals surface area contributed by atoms with Crippen molar-refractivity contribution in [1.29, 1.82) is 0 Å². The summed E-state index contributed by atoms with van der Waals surface area (Å²) in [5, 5.41) is 4.94. The first kappa shape index (κ1) is 4.80. The van der Waals surface area contributed by atoms with Crippen LogP contribution in [-0.4, -0.2) is 0 Å². The Bertz CT molecular complexity index is 136. The van der Waals surface area contributed by atoms with E-state index < -0.39 is 0 Å². The van der Waals surface area contributed by atoms with E-state index in [9.17, 15) is 0 Å². The lowest BCUT2D eigenvalue weighted by Gasteiger charge is -1.94. The lowest BCUT2D eigenvalue weighted by Crippen LogP contribution is -1.82. The molecule has 1 heterocycles. The molecular formula is C6H6S. The fourth-order valence-electron chi connectivity index (χ4n) is 0.366. The second kappa shape index (κ2) is 2.09. The topological polar surface area (TPSA) is 0 Å². The minimum atomic E-state index is 0.473. The summed E-state index contributed by atoms with van der Waals surface area (Å²) in [6, 6.07) is 0. The molecule has 0 radical (unpaired) electrons. The largest absolute Gasteiger partial charge is 0.0836 e. The second-order valence-electron chi connectivity index (χ2n) is 1.48. The number of rotatable bonds is 0. The van der Waals surface area contributed by atoms with Gasteiger partial charge in [-0.15, -0.1) is 0 Å². The van der Waals surface area contributed by atoms with E-state index in [1.807, 2.05) is 5.41 Å². The van der Waals surface area contributed by atoms with Crippen molar-refractivity contribution < 1.29 is 0 Å². The normalized spacial score (nSPS) is 26.1. The summed E-state index contributed by atoms with van der Waals surface area (Å²) in [5.41, 5.74) is 0. The molecule has 36 valence electrons. The monoisotopic (exact) mass is 110 g/mol. The third-order valence-corrected chi connectivity index (χ3v) is 1.31. The molecule has 1 atom stereocenters. The van der Waals surface area contributed by atoms with E-state index in [1.165, 1.54) is 0 Å². The van der Waals surface area contributed by atoms with Crippen LogP contribution in [0.1, 0.15) is 6.92 Å². The van der Waals surface area contributed by atoms with Gasteiger partial charge in [-0.3, -0.25) is 0 Å². The molecule has 7 heavy (non-hydrogen) atoms. The van der Waals surface area contributed by atoms with Crippen molar-refractivity contribution in [2.45, 2.75) is 6.92 Å². The Morgan fingerprint density at radius 2 is 2.57 bits per heavy atom. The van der Waals surface area contributed by atoms with E-state index in [4.69, 9.17) is 0 Å². The molecule has 1 unspecified atom stereocenters. The van der Waals surface area contributed by atoms with Crippen molar-refractivity contribution in [2.24, 2.45) is 5.92 Å². The molecule has 0 aromatic carbocycles. The van der Waals surface area contributed by atoms with Crippen molar-refractivity contribution in [3.05, 3.63) is 11.5 Å². The lowest BCUT2D eigenvalue weighted by molar-refractivity contribution is 0.983. The molecule has 0 amide bonds. The van der Waals surface area contributed by atoms with Crippen LogP contribution >= 0.6 is 11.8 Å². The molecule has 0 saturated heterocycles. The average molecular weight is 110 g/mol. The molecule has 0 spiro atoms. The second-order valence-corrected chi connectivity index (χ2v) is 2.19. The minimum absolute atomic E-state index is 0.473. The van der Waals surface area contributed by atoms with Gasteiger partial charge >= 0.3 is 0 Å². The van der Waals surface area contributed by atoms with Gasteiger partial charge in [0.2, 0.25) is 0 Å². The van der Waals surface area contributed by atoms with Crippen LogP contribution in [0.4, 0.5) is 0 Å². The summed E-state index contributed by atoms with van der Waals surface area (Å²) in [6.07, 6.45) is 2.10. The van der Waals surface area contributed by atoms with Crippen LogP contribution in [0.2, 0.25) is 0 Å². The van der Waals surface area contributed by atoms with Crippen molar-refractivity contribution in [2.75, 3.05) is 0 Å². The predicted molar refractivity (Wildman–Crippen MR) is 33.7 cm³/mol. The Morgan fingerprint density at radius 1 is 1.71 bits per heavy atom. The Balaban J connectivity index is 2.59. The maximum atomic E-state index is 3.01. The Kier molecular flexibility index (Phi) is 1.43. The summed E-state index contributed by atoms with van der Waals surface area (Å²) in [4.78, 5) is 0. The van der Waals surface area contributed by atoms with Crippen molar-refractivity contribution >= 4 is 11.8 Å². The van der Waals surface area contributed by atoms with E-state index in [0.29, 0.717) is 5.92 Å². The molecule has 0 aromatic rings. The SMILES string of the molecule is CC1C#CSC=C1. The van der Waals surface area contributed by atoms with Crippen molar-refractivity contribution in [3.8, 4) is 11.2 Å². The van der Waals surface area contributed by atoms with Crippen LogP contribution in [0.3, 0.4) is 0 Å². The van der Waals surface area contributed by atoms with Gasteiger partial charge in [0.05, 0.1) is 0 Å². The average Bonchev–Trinajstić information content (AvgIpc) is 1.69. The van der Waals surface area contributed by atoms with Gasteiger partial charge in [-0.25, -0.2) is 0 Å². The Morgan fingerprint density at radius 3 is 2.86 bits per heavy atom. The number of hydrogen-bond acceptors (Lipinski definition) is 1. The van der Waals surface area contributed by atoms with Gasteiger partial charge in [0, 0.05) is 5.92 Å². The zero-order valence-electron chi connectivity index (χ0n) is 4.14. The zero-order valence-corrected chi connectivity index (χ0v) is 4.96. The van der Waals surface area contributed by atoms with Gasteiger partial charge < -0.3 is 0 Å². The van der Waals surface area contributed by atoms with Crippen LogP contribution in [0.25, 0.3) is 0 Å². The molecule has 1 aliphatic rings. The van der Waals surface area contributed by atoms with E-state index in [0.717, 1.165) is 0 Å². The zero-order chi connectivity index (χ0) is 5.11. The predicted octanol–water partition coefficient (Wildman–Crippen LogP) is 1.84. The molecular weight excluding hydrogens is 104 g/mol. The first-order chi connectivity index (χ1) is 3.39. The standard InChI is InChI=1S/C6H6S/c1-6-2-4-7-5-3-6/h2,4,6H,1H3. The van der Waals surface area contributed by atoms with Gasteiger partial charge in [-0.2, -0.15) is 0 Å². The molecule has 0 fully saturated rings. The summed E-state index contributed by atoms with van der Waals surface area (Å²) < 4.78 is 0. The number of thioether (sulfide) groups is 1. The highest BCUT2D eigenvalue weighted by Gasteiger charge is 1.90. The maximum absolute atomic E-state index is 3.01. The first-order valence-corrected chi connectivity index (χ1v) is 3.10. The van der Waals surface area contributed by atoms with E-state index in [2.05, 4.69) is 24.2 Å². The molecule has 0 aliphatic carbocycles. The molecule has 0 N–H and O–H groups in total. The molecule has 1 rings (SSSR count). The van der Waals surface area contributed by atoms with Gasteiger partial charge in [-0.1, -0.05) is 12.0 Å². The van der Waals surface area contributed by atoms with E-state index >= 15 is 0 Å².